The maximum Gasteiger partial charge on any atom is 0.245 e. The van der Waals surface area contributed by atoms with Gasteiger partial charge in [-0.15, -0.1) is 0 Å². The van der Waals surface area contributed by atoms with Gasteiger partial charge in [0, 0.05) is 26.3 Å². The predicted octanol–water partition coefficient (Wildman–Crippen LogP) is -3.73. The Morgan fingerprint density at radius 2 is 1.39 bits per heavy atom. The van der Waals surface area contributed by atoms with E-state index in [1.165, 1.54) is 24.3 Å². The minimum absolute atomic E-state index is 0.0637. The molecule has 0 bridgehead atoms. The van der Waals surface area contributed by atoms with Crippen LogP contribution >= 0.6 is 0 Å². The highest BCUT2D eigenvalue weighted by molar-refractivity contribution is 7.91. The Kier molecular flexibility index (Phi) is 23.1. The van der Waals surface area contributed by atoms with Gasteiger partial charge in [-0.3, -0.25) is 52.7 Å². The first-order valence-corrected chi connectivity index (χ1v) is 25.4. The molecular formula is C45H69N11O14S. The van der Waals surface area contributed by atoms with Crippen molar-refractivity contribution in [1.29, 1.82) is 0 Å². The normalized spacial score (nSPS) is 22.9. The smallest absolute Gasteiger partial charge is 0.245 e. The van der Waals surface area contributed by atoms with Crippen LogP contribution in [-0.4, -0.2) is 151 Å². The fourth-order valence-electron chi connectivity index (χ4n) is 8.06. The summed E-state index contributed by atoms with van der Waals surface area (Å²) < 4.78 is 27.1. The van der Waals surface area contributed by atoms with Crippen molar-refractivity contribution in [3.05, 3.63) is 29.8 Å². The number of amides is 11. The summed E-state index contributed by atoms with van der Waals surface area (Å²) in [5.41, 5.74) is 16.5. The summed E-state index contributed by atoms with van der Waals surface area (Å²) in [5, 5.41) is 27.0. The third-order valence-corrected chi connectivity index (χ3v) is 14.0. The van der Waals surface area contributed by atoms with Crippen LogP contribution in [0, 0.1) is 11.8 Å². The van der Waals surface area contributed by atoms with Gasteiger partial charge in [0.25, 0.3) is 0 Å². The Bertz CT molecular complexity index is 2220. The molecule has 3 rings (SSSR count). The molecule has 14 N–H and O–H groups in total. The van der Waals surface area contributed by atoms with Crippen molar-refractivity contribution in [2.45, 2.75) is 134 Å². The molecule has 2 fully saturated rings. The highest BCUT2D eigenvalue weighted by Gasteiger charge is 2.37. The minimum atomic E-state index is -4.28. The Balaban J connectivity index is 2.03. The molecule has 1 aliphatic heterocycles. The van der Waals surface area contributed by atoms with Crippen LogP contribution in [0.4, 0.5) is 0 Å². The quantitative estimate of drug-likeness (QED) is 0.0674. The van der Waals surface area contributed by atoms with Gasteiger partial charge >= 0.3 is 0 Å². The lowest BCUT2D eigenvalue weighted by atomic mass is 9.84. The van der Waals surface area contributed by atoms with Crippen LogP contribution in [-0.2, 0) is 69.0 Å². The third kappa shape index (κ3) is 20.6. The lowest BCUT2D eigenvalue weighted by molar-refractivity contribution is -0.140. The molecule has 1 heterocycles. The van der Waals surface area contributed by atoms with Gasteiger partial charge in [0.1, 0.15) is 42.0 Å². The first kappa shape index (κ1) is 58.5. The molecule has 1 aliphatic carbocycles. The summed E-state index contributed by atoms with van der Waals surface area (Å²) in [4.78, 5) is 147. The van der Waals surface area contributed by atoms with E-state index in [1.807, 2.05) is 0 Å². The predicted molar refractivity (Wildman–Crippen MR) is 254 cm³/mol. The Morgan fingerprint density at radius 1 is 0.775 bits per heavy atom. The first-order valence-electron chi connectivity index (χ1n) is 23.5. The third-order valence-electron chi connectivity index (χ3n) is 12.3. The number of likely N-dealkylation sites (N-methyl/N-ethyl adjacent to an activating group) is 1. The van der Waals surface area contributed by atoms with Crippen molar-refractivity contribution in [1.82, 2.24) is 42.1 Å². The van der Waals surface area contributed by atoms with Gasteiger partial charge < -0.3 is 64.4 Å². The number of primary amides is 3. The number of benzene rings is 1. The van der Waals surface area contributed by atoms with Gasteiger partial charge in [0.05, 0.1) is 31.0 Å². The Morgan fingerprint density at radius 3 is 2.00 bits per heavy atom. The summed E-state index contributed by atoms with van der Waals surface area (Å²) in [6.07, 6.45) is 1.55. The molecule has 0 aromatic heterocycles. The zero-order valence-corrected chi connectivity index (χ0v) is 41.1. The van der Waals surface area contributed by atoms with E-state index in [9.17, 15) is 66.3 Å². The number of nitrogens with zero attached hydrogens (tertiary/aromatic N) is 1. The average Bonchev–Trinajstić information content (AvgIpc) is 3.30. The Hall–Kier alpha value is -6.86. The van der Waals surface area contributed by atoms with Crippen molar-refractivity contribution in [3.8, 4) is 5.75 Å². The number of rotatable bonds is 18. The molecule has 0 spiro atoms. The van der Waals surface area contributed by atoms with Gasteiger partial charge in [-0.05, 0) is 48.8 Å². The number of phenols is 1. The molecule has 25 nitrogen and oxygen atoms in total. The SMILES string of the molecule is CC[C@H](C)[C@@H]1NC(=O)[C@@H](Cc2ccc(O)cc2)NC(=O)CCS(=O)(=O)CC[C@@H](C(=O)N(C)CC(=O)N[C@@H](CC2CCCCC2)C(=O)NCC(N)=O)NC(=O)[C@H](CC(N)=O)NC(=O)[C@H](CCC(N)=O)NC1=O. The highest BCUT2D eigenvalue weighted by atomic mass is 32.2. The molecule has 11 amide bonds. The van der Waals surface area contributed by atoms with Crippen molar-refractivity contribution in [2.24, 2.45) is 29.0 Å². The van der Waals surface area contributed by atoms with Crippen LogP contribution in [0.25, 0.3) is 0 Å². The van der Waals surface area contributed by atoms with Crippen LogP contribution in [0.1, 0.15) is 96.5 Å². The number of nitrogens with one attached hydrogen (secondary N) is 7. The molecule has 0 unspecified atom stereocenters. The second-order valence-electron chi connectivity index (χ2n) is 18.2. The molecule has 1 saturated carbocycles. The van der Waals surface area contributed by atoms with Gasteiger partial charge in [-0.2, -0.15) is 0 Å². The summed E-state index contributed by atoms with van der Waals surface area (Å²) in [6, 6.07) is -3.62. The molecule has 7 atom stereocenters. The van der Waals surface area contributed by atoms with Crippen molar-refractivity contribution >= 4 is 74.8 Å². The van der Waals surface area contributed by atoms with Crippen LogP contribution in [0.2, 0.25) is 0 Å². The number of hydrogen-bond donors (Lipinski definition) is 11. The van der Waals surface area contributed by atoms with Gasteiger partial charge in [0.2, 0.25) is 65.0 Å². The van der Waals surface area contributed by atoms with Crippen LogP contribution < -0.4 is 54.4 Å². The molecule has 1 aromatic rings. The monoisotopic (exact) mass is 1020 g/mol. The molecule has 0 radical (unpaired) electrons. The Labute approximate surface area is 411 Å². The maximum absolute atomic E-state index is 14.1. The first-order chi connectivity index (χ1) is 33.4. The van der Waals surface area contributed by atoms with E-state index in [-0.39, 0.29) is 24.5 Å². The molecule has 1 saturated heterocycles. The average molecular weight is 1020 g/mol. The van der Waals surface area contributed by atoms with Gasteiger partial charge in [-0.1, -0.05) is 64.5 Å². The van der Waals surface area contributed by atoms with Crippen LogP contribution in [0.5, 0.6) is 5.75 Å². The maximum atomic E-state index is 14.1. The fraction of sp³-hybridized carbons (Fsp3) is 0.622. The summed E-state index contributed by atoms with van der Waals surface area (Å²) >= 11 is 0. The zero-order chi connectivity index (χ0) is 53.0. The standard InChI is InChI=1S/C45H69N11O14S/c1-4-25(2)39-44(67)52-29(14-15-34(46)58)41(64)54-33(22-35(47)59)42(65)53-30(16-18-71(69,70)19-17-37(61)50-32(43(66)55-39)21-27-10-12-28(57)13-11-27)45(68)56(3)24-38(62)51-31(40(63)49-23-36(48)60)20-26-8-6-5-7-9-26/h10-13,25-26,29-33,39,57H,4-9,14-24H2,1-3H3,(H2,46,58)(H2,47,59)(H2,48,60)(H,49,63)(H,50,61)(H,51,62)(H,52,67)(H,53,65)(H,54,64)(H,55,66)/t25-,29-,30-,31-,32+,33-,39-/m0/s1. The van der Waals surface area contributed by atoms with E-state index in [1.54, 1.807) is 13.8 Å². The largest absolute Gasteiger partial charge is 0.508 e. The van der Waals surface area contributed by atoms with E-state index >= 15 is 0 Å². The van der Waals surface area contributed by atoms with E-state index < -0.39 is 174 Å². The second-order valence-corrected chi connectivity index (χ2v) is 20.5. The van der Waals surface area contributed by atoms with E-state index in [0.29, 0.717) is 12.0 Å². The van der Waals surface area contributed by atoms with Crippen molar-refractivity contribution in [3.63, 3.8) is 0 Å². The summed E-state index contributed by atoms with van der Waals surface area (Å²) in [7, 11) is -3.13. The number of phenolic OH excluding ortho intramolecular Hbond substituents is 1. The molecule has 26 heteroatoms. The number of nitrogens with two attached hydrogens (primary N) is 3. The fourth-order valence-corrected chi connectivity index (χ4v) is 9.36. The lowest BCUT2D eigenvalue weighted by Gasteiger charge is -2.30. The second kappa shape index (κ2) is 28.1. The molecular weight excluding hydrogens is 951 g/mol. The molecule has 71 heavy (non-hydrogen) atoms. The van der Waals surface area contributed by atoms with Crippen LogP contribution in [0.15, 0.2) is 24.3 Å². The van der Waals surface area contributed by atoms with Crippen LogP contribution in [0.3, 0.4) is 0 Å². The highest BCUT2D eigenvalue weighted by Crippen LogP contribution is 2.27. The van der Waals surface area contributed by atoms with Crippen molar-refractivity contribution in [2.75, 3.05) is 31.6 Å². The number of sulfone groups is 1. The topological polar surface area (TPSA) is 408 Å². The van der Waals surface area contributed by atoms with Gasteiger partial charge in [0.15, 0.2) is 9.84 Å². The number of carbonyl (C=O) groups is 11. The molecule has 2 aliphatic rings. The summed E-state index contributed by atoms with van der Waals surface area (Å²) in [5.74, 6) is -12.8. The van der Waals surface area contributed by atoms with E-state index in [4.69, 9.17) is 17.2 Å². The zero-order valence-electron chi connectivity index (χ0n) is 40.3. The number of carbonyl (C=O) groups excluding carboxylic acids is 11. The number of hydrogen-bond acceptors (Lipinski definition) is 14. The summed E-state index contributed by atoms with van der Waals surface area (Å²) in [6.45, 7) is 2.08. The molecule has 394 valence electrons. The van der Waals surface area contributed by atoms with E-state index in [2.05, 4.69) is 37.2 Å². The van der Waals surface area contributed by atoms with Gasteiger partial charge in [-0.25, -0.2) is 8.42 Å². The number of aromatic hydroxyl groups is 1. The minimum Gasteiger partial charge on any atom is -0.508 e. The van der Waals surface area contributed by atoms with E-state index in [0.717, 1.165) is 44.1 Å². The lowest BCUT2D eigenvalue weighted by Crippen LogP contribution is -2.61. The molecule has 1 aromatic carbocycles. The van der Waals surface area contributed by atoms with Crippen molar-refractivity contribution < 1.29 is 66.3 Å².